The maximum atomic E-state index is 12.4. The molecule has 2 aromatic rings. The number of rotatable bonds is 4. The minimum Gasteiger partial charge on any atom is -0.273 e. The Kier molecular flexibility index (Phi) is 5.33. The molecule has 0 radical (unpaired) electrons. The Morgan fingerprint density at radius 3 is 2.46 bits per heavy atom. The van der Waals surface area contributed by atoms with Crippen LogP contribution in [0.1, 0.15) is 56.7 Å². The largest absolute Gasteiger partial charge is 0.273 e. The first-order chi connectivity index (χ1) is 12.3. The van der Waals surface area contributed by atoms with Crippen LogP contribution in [0.15, 0.2) is 58.1 Å². The molecule has 1 aliphatic rings. The van der Waals surface area contributed by atoms with Crippen molar-refractivity contribution in [3.63, 3.8) is 0 Å². The van der Waals surface area contributed by atoms with Crippen LogP contribution in [0.2, 0.25) is 0 Å². The molecule has 1 aliphatic carbocycles. The van der Waals surface area contributed by atoms with Gasteiger partial charge in [-0.15, -0.1) is 0 Å². The van der Waals surface area contributed by atoms with E-state index in [-0.39, 0.29) is 17.2 Å². The van der Waals surface area contributed by atoms with Crippen LogP contribution < -0.4 is 5.43 Å². The number of amides is 1. The molecule has 3 nitrogen and oxygen atoms in total. The van der Waals surface area contributed by atoms with Gasteiger partial charge in [0.1, 0.15) is 0 Å². The van der Waals surface area contributed by atoms with E-state index in [0.717, 1.165) is 22.2 Å². The van der Waals surface area contributed by atoms with E-state index in [1.54, 1.807) is 0 Å². The average Bonchev–Trinajstić information content (AvgIpc) is 3.39. The first-order valence-corrected chi connectivity index (χ1v) is 9.75. The monoisotopic (exact) mass is 412 g/mol. The first-order valence-electron chi connectivity index (χ1n) is 8.96. The summed E-state index contributed by atoms with van der Waals surface area (Å²) in [5.74, 6) is 0.337. The second-order valence-electron chi connectivity index (χ2n) is 8.00. The quantitative estimate of drug-likeness (QED) is 0.530. The van der Waals surface area contributed by atoms with Gasteiger partial charge in [0.25, 0.3) is 0 Å². The van der Waals surface area contributed by atoms with Gasteiger partial charge in [-0.05, 0) is 53.5 Å². The summed E-state index contributed by atoms with van der Waals surface area (Å²) in [4.78, 5) is 12.4. The highest BCUT2D eigenvalue weighted by Gasteiger charge is 2.44. The van der Waals surface area contributed by atoms with Crippen LogP contribution in [-0.2, 0) is 10.2 Å². The van der Waals surface area contributed by atoms with E-state index >= 15 is 0 Å². The lowest BCUT2D eigenvalue weighted by atomic mass is 9.86. The zero-order valence-corrected chi connectivity index (χ0v) is 17.3. The molecule has 1 amide bonds. The van der Waals surface area contributed by atoms with Gasteiger partial charge in [0.2, 0.25) is 5.91 Å². The smallest absolute Gasteiger partial charge is 0.243 e. The first kappa shape index (κ1) is 18.8. The Balaban J connectivity index is 1.60. The fraction of sp³-hybridized carbons (Fsp3) is 0.364. The molecule has 2 aromatic carbocycles. The van der Waals surface area contributed by atoms with Crippen molar-refractivity contribution >= 4 is 27.5 Å². The van der Waals surface area contributed by atoms with Crippen LogP contribution in [0, 0.1) is 5.92 Å². The van der Waals surface area contributed by atoms with Gasteiger partial charge in [-0.25, -0.2) is 5.43 Å². The summed E-state index contributed by atoms with van der Waals surface area (Å²) in [5.41, 5.74) is 7.23. The van der Waals surface area contributed by atoms with Gasteiger partial charge in [-0.3, -0.25) is 4.79 Å². The van der Waals surface area contributed by atoms with E-state index in [2.05, 4.69) is 71.5 Å². The number of hydrogen-bond acceptors (Lipinski definition) is 2. The van der Waals surface area contributed by atoms with Gasteiger partial charge in [0, 0.05) is 10.4 Å². The molecule has 0 saturated heterocycles. The van der Waals surface area contributed by atoms with E-state index in [9.17, 15) is 4.79 Å². The molecule has 0 heterocycles. The lowest BCUT2D eigenvalue weighted by Gasteiger charge is -2.19. The zero-order valence-electron chi connectivity index (χ0n) is 15.7. The number of carbonyl (C=O) groups excluding carboxylic acids is 1. The van der Waals surface area contributed by atoms with Crippen LogP contribution in [0.4, 0.5) is 0 Å². The topological polar surface area (TPSA) is 41.5 Å². The number of halogens is 1. The summed E-state index contributed by atoms with van der Waals surface area (Å²) >= 11 is 3.45. The molecule has 3 rings (SSSR count). The van der Waals surface area contributed by atoms with E-state index < -0.39 is 0 Å². The molecule has 4 heteroatoms. The molecule has 1 N–H and O–H groups in total. The summed E-state index contributed by atoms with van der Waals surface area (Å²) in [5, 5.41) is 4.27. The Bertz CT molecular complexity index is 834. The summed E-state index contributed by atoms with van der Waals surface area (Å²) in [6.45, 7) is 8.53. The van der Waals surface area contributed by atoms with Gasteiger partial charge >= 0.3 is 0 Å². The predicted molar refractivity (Wildman–Crippen MR) is 110 cm³/mol. The van der Waals surface area contributed by atoms with Crippen molar-refractivity contribution < 1.29 is 4.79 Å². The molecule has 26 heavy (non-hydrogen) atoms. The highest BCUT2D eigenvalue weighted by Crippen LogP contribution is 2.47. The molecule has 1 fully saturated rings. The number of carbonyl (C=O) groups is 1. The molecular weight excluding hydrogens is 388 g/mol. The lowest BCUT2D eigenvalue weighted by Crippen LogP contribution is -2.21. The lowest BCUT2D eigenvalue weighted by molar-refractivity contribution is -0.122. The van der Waals surface area contributed by atoms with Crippen molar-refractivity contribution in [2.45, 2.75) is 45.4 Å². The summed E-state index contributed by atoms with van der Waals surface area (Å²) < 4.78 is 0.997. The SMILES string of the molecule is C/C(=N/NC(=O)C1CC1c1ccc(C(C)(C)C)cc1)c1cccc(Br)c1. The van der Waals surface area contributed by atoms with Crippen LogP contribution >= 0.6 is 15.9 Å². The summed E-state index contributed by atoms with van der Waals surface area (Å²) in [6, 6.07) is 16.6. The van der Waals surface area contributed by atoms with E-state index in [4.69, 9.17) is 0 Å². The van der Waals surface area contributed by atoms with Crippen molar-refractivity contribution in [3.05, 3.63) is 69.7 Å². The van der Waals surface area contributed by atoms with Crippen molar-refractivity contribution in [1.29, 1.82) is 0 Å². The molecule has 0 aliphatic heterocycles. The normalized spacial score (nSPS) is 20.0. The third-order valence-corrected chi connectivity index (χ3v) is 5.40. The van der Waals surface area contributed by atoms with Gasteiger partial charge < -0.3 is 0 Å². The average molecular weight is 413 g/mol. The van der Waals surface area contributed by atoms with Crippen LogP contribution in [0.5, 0.6) is 0 Å². The number of hydrazone groups is 1. The summed E-state index contributed by atoms with van der Waals surface area (Å²) in [7, 11) is 0. The van der Waals surface area contributed by atoms with Crippen molar-refractivity contribution in [1.82, 2.24) is 5.43 Å². The molecule has 0 bridgehead atoms. The third-order valence-electron chi connectivity index (χ3n) is 4.91. The molecule has 0 spiro atoms. The predicted octanol–water partition coefficient (Wildman–Crippen LogP) is 5.39. The van der Waals surface area contributed by atoms with E-state index in [0.29, 0.717) is 5.92 Å². The highest BCUT2D eigenvalue weighted by atomic mass is 79.9. The molecule has 136 valence electrons. The fourth-order valence-corrected chi connectivity index (χ4v) is 3.48. The second kappa shape index (κ2) is 7.36. The van der Waals surface area contributed by atoms with Crippen LogP contribution in [-0.4, -0.2) is 11.6 Å². The van der Waals surface area contributed by atoms with E-state index in [1.807, 2.05) is 31.2 Å². The van der Waals surface area contributed by atoms with Crippen LogP contribution in [0.3, 0.4) is 0 Å². The Hall–Kier alpha value is -1.94. The van der Waals surface area contributed by atoms with Crippen molar-refractivity contribution in [2.24, 2.45) is 11.0 Å². The molecular formula is C22H25BrN2O. The number of benzene rings is 2. The Morgan fingerprint density at radius 2 is 1.85 bits per heavy atom. The minimum absolute atomic E-state index is 0.00393. The summed E-state index contributed by atoms with van der Waals surface area (Å²) in [6.07, 6.45) is 0.895. The van der Waals surface area contributed by atoms with Gasteiger partial charge in [0.15, 0.2) is 0 Å². The van der Waals surface area contributed by atoms with Crippen molar-refractivity contribution in [2.75, 3.05) is 0 Å². The van der Waals surface area contributed by atoms with Gasteiger partial charge in [-0.2, -0.15) is 5.10 Å². The second-order valence-corrected chi connectivity index (χ2v) is 8.92. The Morgan fingerprint density at radius 1 is 1.15 bits per heavy atom. The molecule has 0 aromatic heterocycles. The maximum absolute atomic E-state index is 12.4. The fourth-order valence-electron chi connectivity index (χ4n) is 3.08. The number of nitrogens with zero attached hydrogens (tertiary/aromatic N) is 1. The van der Waals surface area contributed by atoms with Gasteiger partial charge in [0.05, 0.1) is 5.71 Å². The minimum atomic E-state index is 0.00393. The molecule has 1 saturated carbocycles. The Labute approximate surface area is 164 Å². The highest BCUT2D eigenvalue weighted by molar-refractivity contribution is 9.10. The van der Waals surface area contributed by atoms with E-state index in [1.165, 1.54) is 11.1 Å². The van der Waals surface area contributed by atoms with Gasteiger partial charge in [-0.1, -0.05) is 73.1 Å². The standard InChI is InChI=1S/C22H25BrN2O/c1-14(16-6-5-7-18(23)12-16)24-25-21(26)20-13-19(20)15-8-10-17(11-9-15)22(2,3)4/h5-12,19-20H,13H2,1-4H3,(H,25,26)/b24-14-. The van der Waals surface area contributed by atoms with Crippen molar-refractivity contribution in [3.8, 4) is 0 Å². The maximum Gasteiger partial charge on any atom is 0.243 e. The molecule has 2 unspecified atom stereocenters. The number of nitrogens with one attached hydrogen (secondary N) is 1. The third kappa shape index (κ3) is 4.42. The zero-order chi connectivity index (χ0) is 18.9. The van der Waals surface area contributed by atoms with Crippen LogP contribution in [0.25, 0.3) is 0 Å². The molecule has 2 atom stereocenters. The number of hydrogen-bond donors (Lipinski definition) is 1.